The molecular formula is C14H13ClN2O2S. The Morgan fingerprint density at radius 1 is 1.40 bits per heavy atom. The smallest absolute Gasteiger partial charge is 0.409 e. The van der Waals surface area contributed by atoms with Gasteiger partial charge in [-0.1, -0.05) is 29.8 Å². The van der Waals surface area contributed by atoms with Gasteiger partial charge in [-0.25, -0.2) is 4.79 Å². The maximum Gasteiger partial charge on any atom is 0.439 e. The molecule has 1 amide bonds. The van der Waals surface area contributed by atoms with Crippen LogP contribution in [-0.2, 0) is 0 Å². The van der Waals surface area contributed by atoms with Crippen molar-refractivity contribution >= 4 is 40.9 Å². The largest absolute Gasteiger partial charge is 0.439 e. The number of nitrogens with zero attached hydrogens (tertiary/aromatic N) is 2. The van der Waals surface area contributed by atoms with Crippen LogP contribution in [-0.4, -0.2) is 29.1 Å². The van der Waals surface area contributed by atoms with Crippen LogP contribution in [0.5, 0.6) is 5.75 Å². The average Bonchev–Trinajstić information content (AvgIpc) is 2.42. The molecule has 0 saturated heterocycles. The molecular weight excluding hydrogens is 296 g/mol. The highest BCUT2D eigenvalue weighted by Gasteiger charge is 2.23. The molecule has 1 unspecified atom stereocenters. The minimum absolute atomic E-state index is 0.282. The highest BCUT2D eigenvalue weighted by Crippen LogP contribution is 2.23. The SMILES string of the molecule is CSC1N=C(C)C=C(Cl)/C1=N/C(=O)Oc1ccccc1. The molecule has 0 fully saturated rings. The van der Waals surface area contributed by atoms with E-state index in [9.17, 15) is 4.79 Å². The highest BCUT2D eigenvalue weighted by atomic mass is 35.5. The fourth-order valence-corrected chi connectivity index (χ4v) is 2.68. The van der Waals surface area contributed by atoms with Crippen molar-refractivity contribution in [2.45, 2.75) is 12.3 Å². The van der Waals surface area contributed by atoms with Crippen molar-refractivity contribution < 1.29 is 9.53 Å². The van der Waals surface area contributed by atoms with Gasteiger partial charge in [0.1, 0.15) is 16.8 Å². The maximum absolute atomic E-state index is 11.8. The number of benzene rings is 1. The summed E-state index contributed by atoms with van der Waals surface area (Å²) in [5.74, 6) is 0.443. The molecule has 0 saturated carbocycles. The summed E-state index contributed by atoms with van der Waals surface area (Å²) in [5.41, 5.74) is 1.23. The lowest BCUT2D eigenvalue weighted by Gasteiger charge is -2.17. The number of allylic oxidation sites excluding steroid dienone is 1. The lowest BCUT2D eigenvalue weighted by Crippen LogP contribution is -2.23. The van der Waals surface area contributed by atoms with E-state index in [0.29, 0.717) is 16.5 Å². The number of aliphatic imine (C=N–C) groups is 2. The van der Waals surface area contributed by atoms with E-state index in [-0.39, 0.29) is 5.37 Å². The van der Waals surface area contributed by atoms with Crippen LogP contribution in [0.2, 0.25) is 0 Å². The Morgan fingerprint density at radius 2 is 2.10 bits per heavy atom. The Kier molecular flexibility index (Phi) is 4.98. The first-order valence-electron chi connectivity index (χ1n) is 5.90. The van der Waals surface area contributed by atoms with Gasteiger partial charge in [-0.15, -0.1) is 11.8 Å². The van der Waals surface area contributed by atoms with E-state index in [1.54, 1.807) is 30.3 Å². The number of ether oxygens (including phenoxy) is 1. The fourth-order valence-electron chi connectivity index (χ4n) is 1.64. The number of para-hydroxylation sites is 1. The third-order valence-corrected chi connectivity index (χ3v) is 3.60. The first-order valence-corrected chi connectivity index (χ1v) is 7.57. The van der Waals surface area contributed by atoms with Crippen LogP contribution in [0.15, 0.2) is 51.4 Å². The second-order valence-corrected chi connectivity index (χ2v) is 5.35. The van der Waals surface area contributed by atoms with E-state index < -0.39 is 6.09 Å². The topological polar surface area (TPSA) is 51.0 Å². The van der Waals surface area contributed by atoms with E-state index in [1.165, 1.54) is 11.8 Å². The molecule has 6 heteroatoms. The molecule has 104 valence electrons. The Morgan fingerprint density at radius 3 is 2.75 bits per heavy atom. The Labute approximate surface area is 126 Å². The van der Waals surface area contributed by atoms with Gasteiger partial charge in [-0.3, -0.25) is 4.99 Å². The van der Waals surface area contributed by atoms with E-state index in [0.717, 1.165) is 5.71 Å². The normalized spacial score (nSPS) is 20.4. The summed E-state index contributed by atoms with van der Waals surface area (Å²) in [7, 11) is 0. The number of halogens is 1. The van der Waals surface area contributed by atoms with E-state index >= 15 is 0 Å². The molecule has 1 aromatic rings. The molecule has 1 aliphatic heterocycles. The number of hydrogen-bond acceptors (Lipinski definition) is 4. The zero-order valence-electron chi connectivity index (χ0n) is 11.0. The summed E-state index contributed by atoms with van der Waals surface area (Å²) < 4.78 is 5.12. The molecule has 20 heavy (non-hydrogen) atoms. The monoisotopic (exact) mass is 308 g/mol. The lowest BCUT2D eigenvalue weighted by atomic mass is 10.2. The molecule has 2 rings (SSSR count). The van der Waals surface area contributed by atoms with Crippen LogP contribution in [0.25, 0.3) is 0 Å². The van der Waals surface area contributed by atoms with Crippen LogP contribution in [0.1, 0.15) is 6.92 Å². The summed E-state index contributed by atoms with van der Waals surface area (Å²) in [6.07, 6.45) is 2.87. The summed E-state index contributed by atoms with van der Waals surface area (Å²) in [4.78, 5) is 20.1. The minimum Gasteiger partial charge on any atom is -0.409 e. The average molecular weight is 309 g/mol. The second-order valence-electron chi connectivity index (χ2n) is 4.03. The maximum atomic E-state index is 11.8. The molecule has 1 atom stereocenters. The van der Waals surface area contributed by atoms with Crippen molar-refractivity contribution in [3.05, 3.63) is 41.4 Å². The zero-order chi connectivity index (χ0) is 14.5. The molecule has 4 nitrogen and oxygen atoms in total. The van der Waals surface area contributed by atoms with Crippen LogP contribution < -0.4 is 4.74 Å². The lowest BCUT2D eigenvalue weighted by molar-refractivity contribution is 0.211. The summed E-state index contributed by atoms with van der Waals surface area (Å²) in [6, 6.07) is 8.77. The Bertz CT molecular complexity index is 596. The molecule has 0 bridgehead atoms. The van der Waals surface area contributed by atoms with Crippen molar-refractivity contribution in [3.8, 4) is 5.75 Å². The van der Waals surface area contributed by atoms with Crippen molar-refractivity contribution in [3.63, 3.8) is 0 Å². The molecule has 0 radical (unpaired) electrons. The minimum atomic E-state index is -0.702. The van der Waals surface area contributed by atoms with Gasteiger partial charge in [0.25, 0.3) is 0 Å². The fraction of sp³-hybridized carbons (Fsp3) is 0.214. The molecule has 1 aromatic carbocycles. The molecule has 0 spiro atoms. The summed E-state index contributed by atoms with van der Waals surface area (Å²) in [6.45, 7) is 1.85. The summed E-state index contributed by atoms with van der Waals surface area (Å²) in [5, 5.41) is 0.137. The van der Waals surface area contributed by atoms with Crippen molar-refractivity contribution in [2.24, 2.45) is 9.98 Å². The number of hydrogen-bond donors (Lipinski definition) is 0. The van der Waals surface area contributed by atoms with Crippen molar-refractivity contribution in [2.75, 3.05) is 6.26 Å². The van der Waals surface area contributed by atoms with Gasteiger partial charge in [0.15, 0.2) is 0 Å². The standard InChI is InChI=1S/C14H13ClN2O2S/c1-9-8-11(15)12(13(16-9)20-2)17-14(18)19-10-6-4-3-5-7-10/h3-8,13H,1-2H3/b17-12-. The number of rotatable bonds is 2. The predicted molar refractivity (Wildman–Crippen MR) is 84.2 cm³/mol. The molecule has 0 aliphatic carbocycles. The number of dihydropyridines is 1. The van der Waals surface area contributed by atoms with Gasteiger partial charge in [0.05, 0.1) is 5.03 Å². The van der Waals surface area contributed by atoms with E-state index in [4.69, 9.17) is 16.3 Å². The Balaban J connectivity index is 2.17. The Hall–Kier alpha value is -1.59. The van der Waals surface area contributed by atoms with E-state index in [1.807, 2.05) is 19.2 Å². The third kappa shape index (κ3) is 3.71. The van der Waals surface area contributed by atoms with Crippen LogP contribution in [0.4, 0.5) is 4.79 Å². The summed E-state index contributed by atoms with van der Waals surface area (Å²) >= 11 is 7.58. The quantitative estimate of drug-likeness (QED) is 0.832. The van der Waals surface area contributed by atoms with Gasteiger partial charge in [0, 0.05) is 5.71 Å². The van der Waals surface area contributed by atoms with Crippen LogP contribution >= 0.6 is 23.4 Å². The molecule has 0 N–H and O–H groups in total. The van der Waals surface area contributed by atoms with Gasteiger partial charge in [-0.2, -0.15) is 4.99 Å². The number of carbonyl (C=O) groups is 1. The van der Waals surface area contributed by atoms with Gasteiger partial charge in [-0.05, 0) is 31.4 Å². The molecule has 1 heterocycles. The first-order chi connectivity index (χ1) is 9.60. The molecule has 1 aliphatic rings. The van der Waals surface area contributed by atoms with Crippen molar-refractivity contribution in [1.82, 2.24) is 0 Å². The van der Waals surface area contributed by atoms with Crippen LogP contribution in [0.3, 0.4) is 0 Å². The van der Waals surface area contributed by atoms with Gasteiger partial charge in [0.2, 0.25) is 0 Å². The second kappa shape index (κ2) is 6.72. The first kappa shape index (κ1) is 14.8. The number of thioether (sulfide) groups is 1. The zero-order valence-corrected chi connectivity index (χ0v) is 12.6. The molecule has 0 aromatic heterocycles. The van der Waals surface area contributed by atoms with Crippen molar-refractivity contribution in [1.29, 1.82) is 0 Å². The van der Waals surface area contributed by atoms with Crippen LogP contribution in [0, 0.1) is 0 Å². The highest BCUT2D eigenvalue weighted by molar-refractivity contribution is 8.00. The van der Waals surface area contributed by atoms with E-state index in [2.05, 4.69) is 9.98 Å². The van der Waals surface area contributed by atoms with Gasteiger partial charge < -0.3 is 4.74 Å². The van der Waals surface area contributed by atoms with Gasteiger partial charge >= 0.3 is 6.09 Å². The number of amides is 1. The third-order valence-electron chi connectivity index (χ3n) is 2.52. The number of carbonyl (C=O) groups excluding carboxylic acids is 1. The predicted octanol–water partition coefficient (Wildman–Crippen LogP) is 3.91.